The van der Waals surface area contributed by atoms with Crippen molar-refractivity contribution >= 4 is 11.9 Å². The van der Waals surface area contributed by atoms with Crippen molar-refractivity contribution in [2.24, 2.45) is 0 Å². The molecule has 0 spiro atoms. The number of methoxy groups -OCH3 is 1. The fourth-order valence-corrected chi connectivity index (χ4v) is 2.63. The first-order valence-electron chi connectivity index (χ1n) is 8.54. The molecule has 27 heavy (non-hydrogen) atoms. The normalized spacial score (nSPS) is 15.0. The minimum Gasteiger partial charge on any atom is -0.496 e. The van der Waals surface area contributed by atoms with Crippen LogP contribution in [0, 0.1) is 6.92 Å². The van der Waals surface area contributed by atoms with Crippen LogP contribution in [0.15, 0.2) is 42.5 Å². The smallest absolute Gasteiger partial charge is 0.342 e. The Morgan fingerprint density at radius 2 is 1.96 bits per heavy atom. The molecule has 0 aromatic heterocycles. The number of hydrogen-bond donors (Lipinski definition) is 1. The molecule has 1 aliphatic rings. The number of ether oxygens (including phenoxy) is 4. The summed E-state index contributed by atoms with van der Waals surface area (Å²) in [4.78, 5) is 24.2. The largest absolute Gasteiger partial charge is 0.496 e. The van der Waals surface area contributed by atoms with E-state index in [1.54, 1.807) is 18.2 Å². The summed E-state index contributed by atoms with van der Waals surface area (Å²) >= 11 is 0. The summed E-state index contributed by atoms with van der Waals surface area (Å²) in [6.45, 7) is 2.05. The van der Waals surface area contributed by atoms with E-state index in [9.17, 15) is 9.59 Å². The Balaban J connectivity index is 1.46. The molecule has 0 unspecified atom stereocenters. The molecule has 0 saturated carbocycles. The number of aryl methyl sites for hydroxylation is 1. The summed E-state index contributed by atoms with van der Waals surface area (Å²) in [5, 5.41) is 2.68. The molecule has 0 fully saturated rings. The lowest BCUT2D eigenvalue weighted by Gasteiger charge is -2.26. The van der Waals surface area contributed by atoms with Crippen LogP contribution in [-0.2, 0) is 9.53 Å². The van der Waals surface area contributed by atoms with Gasteiger partial charge in [0.25, 0.3) is 5.91 Å². The van der Waals surface area contributed by atoms with Crippen molar-refractivity contribution in [3.63, 3.8) is 0 Å². The second-order valence-electron chi connectivity index (χ2n) is 6.08. The van der Waals surface area contributed by atoms with Gasteiger partial charge < -0.3 is 24.3 Å². The van der Waals surface area contributed by atoms with Gasteiger partial charge in [0.2, 0.25) is 0 Å². The Kier molecular flexibility index (Phi) is 5.80. The average Bonchev–Trinajstić information content (AvgIpc) is 2.70. The van der Waals surface area contributed by atoms with Crippen LogP contribution in [-0.4, -0.2) is 44.8 Å². The Bertz CT molecular complexity index is 835. The van der Waals surface area contributed by atoms with Crippen LogP contribution < -0.4 is 19.5 Å². The Labute approximate surface area is 157 Å². The maximum atomic E-state index is 12.2. The van der Waals surface area contributed by atoms with Crippen LogP contribution in [0.1, 0.15) is 15.9 Å². The molecule has 7 heteroatoms. The summed E-state index contributed by atoms with van der Waals surface area (Å²) in [7, 11) is 1.47. The molecule has 1 aliphatic heterocycles. The second kappa shape index (κ2) is 8.44. The predicted molar refractivity (Wildman–Crippen MR) is 97.4 cm³/mol. The summed E-state index contributed by atoms with van der Waals surface area (Å²) in [6, 6.07) is 12.5. The van der Waals surface area contributed by atoms with Gasteiger partial charge in [-0.2, -0.15) is 0 Å². The lowest BCUT2D eigenvalue weighted by atomic mass is 10.1. The topological polar surface area (TPSA) is 83.1 Å². The zero-order chi connectivity index (χ0) is 19.2. The van der Waals surface area contributed by atoms with Gasteiger partial charge in [-0.1, -0.05) is 23.8 Å². The third kappa shape index (κ3) is 4.69. The van der Waals surface area contributed by atoms with E-state index >= 15 is 0 Å². The summed E-state index contributed by atoms with van der Waals surface area (Å²) in [5.74, 6) is 0.689. The zero-order valence-corrected chi connectivity index (χ0v) is 15.2. The van der Waals surface area contributed by atoms with Crippen molar-refractivity contribution in [2.75, 3.05) is 26.9 Å². The van der Waals surface area contributed by atoms with E-state index in [0.717, 1.165) is 5.56 Å². The third-order valence-electron chi connectivity index (χ3n) is 4.00. The molecule has 1 atom stereocenters. The van der Waals surface area contributed by atoms with Gasteiger partial charge in [0, 0.05) is 0 Å². The molecular formula is C20H21NO6. The van der Waals surface area contributed by atoms with Crippen LogP contribution in [0.3, 0.4) is 0 Å². The number of hydrogen-bond acceptors (Lipinski definition) is 6. The fraction of sp³-hybridized carbons (Fsp3) is 0.300. The molecule has 1 amide bonds. The SMILES string of the molecule is COc1ccc(C)cc1C(=O)OCC(=O)NC[C@@H]1COc2ccccc2O1. The first-order chi connectivity index (χ1) is 13.1. The maximum Gasteiger partial charge on any atom is 0.342 e. The number of carbonyl (C=O) groups is 2. The minimum absolute atomic E-state index is 0.248. The highest BCUT2D eigenvalue weighted by Crippen LogP contribution is 2.30. The number of fused-ring (bicyclic) bond motifs is 1. The highest BCUT2D eigenvalue weighted by molar-refractivity contribution is 5.94. The van der Waals surface area contributed by atoms with Crippen molar-refractivity contribution in [3.8, 4) is 17.2 Å². The maximum absolute atomic E-state index is 12.2. The van der Waals surface area contributed by atoms with Gasteiger partial charge in [-0.3, -0.25) is 4.79 Å². The molecule has 142 valence electrons. The standard InChI is InChI=1S/C20H21NO6/c1-13-7-8-16(24-2)15(9-13)20(23)26-12-19(22)21-10-14-11-25-17-5-3-4-6-18(17)27-14/h3-9,14H,10-12H2,1-2H3,(H,21,22)/t14-/m1/s1. The van der Waals surface area contributed by atoms with Crippen LogP contribution >= 0.6 is 0 Å². The van der Waals surface area contributed by atoms with Crippen molar-refractivity contribution in [1.82, 2.24) is 5.32 Å². The molecule has 1 N–H and O–H groups in total. The van der Waals surface area contributed by atoms with Gasteiger partial charge in [0.1, 0.15) is 24.0 Å². The summed E-state index contributed by atoms with van der Waals surface area (Å²) in [6.07, 6.45) is -0.309. The minimum atomic E-state index is -0.614. The average molecular weight is 371 g/mol. The van der Waals surface area contributed by atoms with E-state index in [2.05, 4.69) is 5.32 Å². The summed E-state index contributed by atoms with van der Waals surface area (Å²) in [5.41, 5.74) is 1.17. The third-order valence-corrected chi connectivity index (χ3v) is 4.00. The van der Waals surface area contributed by atoms with Gasteiger partial charge in [-0.05, 0) is 31.2 Å². The van der Waals surface area contributed by atoms with E-state index in [4.69, 9.17) is 18.9 Å². The van der Waals surface area contributed by atoms with E-state index in [0.29, 0.717) is 23.9 Å². The molecule has 0 bridgehead atoms. The van der Waals surface area contributed by atoms with Gasteiger partial charge in [-0.25, -0.2) is 4.79 Å². The zero-order valence-electron chi connectivity index (χ0n) is 15.2. The van der Waals surface area contributed by atoms with Gasteiger partial charge in [0.05, 0.1) is 13.7 Å². The molecule has 7 nitrogen and oxygen atoms in total. The van der Waals surface area contributed by atoms with Crippen molar-refractivity contribution < 1.29 is 28.5 Å². The Morgan fingerprint density at radius 1 is 1.19 bits per heavy atom. The van der Waals surface area contributed by atoms with Crippen LogP contribution in [0.4, 0.5) is 0 Å². The lowest BCUT2D eigenvalue weighted by molar-refractivity contribution is -0.124. The van der Waals surface area contributed by atoms with Gasteiger partial charge in [0.15, 0.2) is 18.1 Å². The second-order valence-corrected chi connectivity index (χ2v) is 6.08. The van der Waals surface area contributed by atoms with Crippen molar-refractivity contribution in [1.29, 1.82) is 0 Å². The number of carbonyl (C=O) groups excluding carboxylic acids is 2. The van der Waals surface area contributed by atoms with E-state index in [-0.39, 0.29) is 24.8 Å². The number of amides is 1. The van der Waals surface area contributed by atoms with Crippen LogP contribution in [0.5, 0.6) is 17.2 Å². The molecule has 0 saturated heterocycles. The number of rotatable bonds is 6. The van der Waals surface area contributed by atoms with Gasteiger partial charge in [-0.15, -0.1) is 0 Å². The number of benzene rings is 2. The molecule has 2 aromatic carbocycles. The first kappa shape index (κ1) is 18.6. The fourth-order valence-electron chi connectivity index (χ4n) is 2.63. The Morgan fingerprint density at radius 3 is 2.74 bits per heavy atom. The monoisotopic (exact) mass is 371 g/mol. The molecule has 3 rings (SSSR count). The summed E-state index contributed by atoms with van der Waals surface area (Å²) < 4.78 is 21.6. The van der Waals surface area contributed by atoms with Crippen molar-refractivity contribution in [2.45, 2.75) is 13.0 Å². The molecular weight excluding hydrogens is 350 g/mol. The molecule has 1 heterocycles. The number of esters is 1. The molecule has 0 radical (unpaired) electrons. The Hall–Kier alpha value is -3.22. The lowest BCUT2D eigenvalue weighted by Crippen LogP contribution is -2.42. The highest BCUT2D eigenvalue weighted by Gasteiger charge is 2.21. The highest BCUT2D eigenvalue weighted by atomic mass is 16.6. The number of para-hydroxylation sites is 2. The number of nitrogens with one attached hydrogen (secondary N) is 1. The molecule has 0 aliphatic carbocycles. The first-order valence-corrected chi connectivity index (χ1v) is 8.54. The van der Waals surface area contributed by atoms with Gasteiger partial charge >= 0.3 is 5.97 Å². The van der Waals surface area contributed by atoms with E-state index < -0.39 is 11.9 Å². The predicted octanol–water partition coefficient (Wildman–Crippen LogP) is 2.12. The van der Waals surface area contributed by atoms with Crippen molar-refractivity contribution in [3.05, 3.63) is 53.6 Å². The van der Waals surface area contributed by atoms with E-state index in [1.165, 1.54) is 7.11 Å². The van der Waals surface area contributed by atoms with E-state index in [1.807, 2.05) is 31.2 Å². The quantitative estimate of drug-likeness (QED) is 0.783. The van der Waals surface area contributed by atoms with Crippen LogP contribution in [0.2, 0.25) is 0 Å². The molecule has 2 aromatic rings. The van der Waals surface area contributed by atoms with Crippen LogP contribution in [0.25, 0.3) is 0 Å².